The molecule has 0 aromatic carbocycles. The Morgan fingerprint density at radius 2 is 1.10 bits per heavy atom. The van der Waals surface area contributed by atoms with E-state index in [1.165, 1.54) is 78.1 Å². The molecule has 18 atom stereocenters. The van der Waals surface area contributed by atoms with Crippen molar-refractivity contribution in [2.24, 2.45) is 5.92 Å². The standard InChI is InChI=1S/C72H129N2O25P/c1-7-10-13-16-18-20-21-22-23-24-25-26-28-30-33-43-59(80)95-55(49-91-69(87)53(38-31-15-12-9-3)39-32-29-27-19-17-14-11-8-2)50-93-100(88,89-6)92-46-36-41-54(78)40-34-35-42-58(79)73-44-37-45-90-70-60(74-52(5)77)63(83)67(57(48-76)97-70)98-72-68(65(85)62(82)56(47-75)96-72)99-71-66(86)64(84)61(81)51(4)94-71/h22-23,32,39,51,53,55-57,60-68,70-72,75-76,81-86H,7-21,24-31,33-38,40-50H2,1-6H3,(H,73,79)(H,74,77)/b23-22-,39-32-/t51?,53?,55-,56?,57-,60?,61+,62-,63?,64-,65-,66?,67+,68?,70+,71-,72-,100?/m0/s1. The minimum atomic E-state index is -4.23. The average molecular weight is 1450 g/mol. The van der Waals surface area contributed by atoms with Crippen molar-refractivity contribution >= 4 is 37.4 Å². The topological polar surface area (TPSA) is 390 Å². The van der Waals surface area contributed by atoms with E-state index >= 15 is 0 Å². The number of nitrogens with one attached hydrogen (secondary N) is 2. The van der Waals surface area contributed by atoms with Crippen LogP contribution in [0.2, 0.25) is 0 Å². The van der Waals surface area contributed by atoms with Gasteiger partial charge in [0.2, 0.25) is 11.8 Å². The van der Waals surface area contributed by atoms with E-state index in [1.54, 1.807) is 0 Å². The first kappa shape index (κ1) is 90.8. The van der Waals surface area contributed by atoms with Crippen LogP contribution in [0.25, 0.3) is 0 Å². The first-order valence-electron chi connectivity index (χ1n) is 37.5. The Hall–Kier alpha value is -3.42. The molecule has 27 nitrogen and oxygen atoms in total. The molecule has 0 bridgehead atoms. The monoisotopic (exact) mass is 1450 g/mol. The summed E-state index contributed by atoms with van der Waals surface area (Å²) in [4.78, 5) is 65.0. The van der Waals surface area contributed by atoms with Gasteiger partial charge in [0.15, 0.2) is 25.0 Å². The van der Waals surface area contributed by atoms with Crippen molar-refractivity contribution in [1.82, 2.24) is 10.6 Å². The van der Waals surface area contributed by atoms with Gasteiger partial charge in [-0.2, -0.15) is 0 Å². The van der Waals surface area contributed by atoms with E-state index in [1.807, 2.05) is 6.08 Å². The summed E-state index contributed by atoms with van der Waals surface area (Å²) >= 11 is 0. The number of hydrogen-bond donors (Lipinski definition) is 10. The van der Waals surface area contributed by atoms with Gasteiger partial charge in [-0.05, 0) is 84.0 Å². The quantitative estimate of drug-likeness (QED) is 0.0119. The minimum absolute atomic E-state index is 0.0724. The van der Waals surface area contributed by atoms with Crippen LogP contribution in [0.4, 0.5) is 0 Å². The SMILES string of the molecule is CCCCCCCC/C=C\CCCCCCCC(=O)O[C@@H](COC(=O)C(/C=C\CCCCCCCC)CCCCCC)COP(=O)(OC)OCCCC(=O)CCCCC(=O)NCCCO[C@@H]1O[C@@H](CO)[C@@H](O[C@@H]2OC(CO)[C@H](O)[C@H](O)C2O[C@@H]2OC(C)[C@@H](O)[C@H](O)C2O)C(O)C1NC(C)=O. The normalized spacial score (nSPS) is 26.9. The lowest BCUT2D eigenvalue weighted by Gasteiger charge is -2.49. The van der Waals surface area contributed by atoms with Crippen LogP contribution in [-0.2, 0) is 80.0 Å². The number of esters is 2. The molecule has 0 aromatic rings. The maximum Gasteiger partial charge on any atom is 0.474 e. The number of phosphoric ester groups is 1. The smallest absolute Gasteiger partial charge is 0.461 e. The number of aliphatic hydroxyl groups is 8. The summed E-state index contributed by atoms with van der Waals surface area (Å²) in [5, 5.41) is 90.4. The molecular weight excluding hydrogens is 1320 g/mol. The maximum absolute atomic E-state index is 13.7. The van der Waals surface area contributed by atoms with Crippen molar-refractivity contribution in [2.45, 2.75) is 345 Å². The lowest BCUT2D eigenvalue weighted by Crippen LogP contribution is -2.68. The Kier molecular flexibility index (Phi) is 49.2. The first-order valence-corrected chi connectivity index (χ1v) is 39.0. The van der Waals surface area contributed by atoms with Gasteiger partial charge in [-0.3, -0.25) is 37.5 Å². The van der Waals surface area contributed by atoms with Crippen LogP contribution in [0.5, 0.6) is 0 Å². The van der Waals surface area contributed by atoms with Crippen LogP contribution in [0, 0.1) is 5.92 Å². The number of carbonyl (C=O) groups excluding carboxylic acids is 5. The van der Waals surface area contributed by atoms with Crippen molar-refractivity contribution in [3.8, 4) is 0 Å². The van der Waals surface area contributed by atoms with Crippen LogP contribution < -0.4 is 10.6 Å². The molecule has 28 heteroatoms. The number of amides is 2. The van der Waals surface area contributed by atoms with Crippen LogP contribution >= 0.6 is 7.82 Å². The molecule has 3 fully saturated rings. The Labute approximate surface area is 594 Å². The average Bonchev–Trinajstić information content (AvgIpc) is 0.777. The number of allylic oxidation sites excluding steroid dienone is 3. The summed E-state index contributed by atoms with van der Waals surface area (Å²) in [5.74, 6) is -2.43. The van der Waals surface area contributed by atoms with Crippen LogP contribution in [0.15, 0.2) is 24.3 Å². The number of unbranched alkanes of at least 4 members (excludes halogenated alkanes) is 21. The van der Waals surface area contributed by atoms with Gasteiger partial charge in [-0.15, -0.1) is 0 Å². The van der Waals surface area contributed by atoms with Crippen molar-refractivity contribution in [3.05, 3.63) is 24.3 Å². The van der Waals surface area contributed by atoms with Gasteiger partial charge in [-0.1, -0.05) is 154 Å². The van der Waals surface area contributed by atoms with Crippen molar-refractivity contribution in [2.75, 3.05) is 53.3 Å². The van der Waals surface area contributed by atoms with Crippen molar-refractivity contribution in [3.63, 3.8) is 0 Å². The van der Waals surface area contributed by atoms with Gasteiger partial charge in [0, 0.05) is 46.3 Å². The highest BCUT2D eigenvalue weighted by Crippen LogP contribution is 2.49. The van der Waals surface area contributed by atoms with Gasteiger partial charge < -0.3 is 89.4 Å². The Morgan fingerprint density at radius 3 is 1.72 bits per heavy atom. The molecule has 0 spiro atoms. The van der Waals surface area contributed by atoms with Crippen molar-refractivity contribution < 1.29 is 121 Å². The Morgan fingerprint density at radius 1 is 0.540 bits per heavy atom. The third kappa shape index (κ3) is 36.5. The van der Waals surface area contributed by atoms with Gasteiger partial charge in [0.25, 0.3) is 0 Å². The number of hydrogen-bond acceptors (Lipinski definition) is 25. The highest BCUT2D eigenvalue weighted by molar-refractivity contribution is 7.48. The molecule has 3 rings (SSSR count). The van der Waals surface area contributed by atoms with E-state index in [2.05, 4.69) is 49.6 Å². The van der Waals surface area contributed by atoms with Crippen LogP contribution in [0.3, 0.4) is 0 Å². The first-order chi connectivity index (χ1) is 48.2. The fourth-order valence-corrected chi connectivity index (χ4v) is 13.0. The van der Waals surface area contributed by atoms with E-state index in [0.29, 0.717) is 25.7 Å². The number of phosphoric acid groups is 1. The number of aliphatic hydroxyl groups excluding tert-OH is 8. The van der Waals surface area contributed by atoms with Gasteiger partial charge in [-0.25, -0.2) is 4.57 Å². The minimum Gasteiger partial charge on any atom is -0.461 e. The van der Waals surface area contributed by atoms with E-state index in [-0.39, 0.29) is 76.6 Å². The molecule has 3 heterocycles. The highest BCUT2D eigenvalue weighted by atomic mass is 31.2. The molecule has 0 saturated carbocycles. The lowest BCUT2D eigenvalue weighted by molar-refractivity contribution is -0.382. The predicted octanol–water partition coefficient (Wildman–Crippen LogP) is 8.21. The third-order valence-electron chi connectivity index (χ3n) is 18.1. The molecular formula is C72H129N2O25P. The zero-order valence-electron chi connectivity index (χ0n) is 60.9. The molecule has 582 valence electrons. The molecule has 0 radical (unpaired) electrons. The number of ketones is 1. The zero-order chi connectivity index (χ0) is 73.5. The molecule has 3 aliphatic rings. The van der Waals surface area contributed by atoms with Crippen molar-refractivity contribution in [1.29, 1.82) is 0 Å². The van der Waals surface area contributed by atoms with E-state index in [4.69, 9.17) is 51.5 Å². The molecule has 100 heavy (non-hydrogen) atoms. The fourth-order valence-electron chi connectivity index (χ4n) is 12.0. The summed E-state index contributed by atoms with van der Waals surface area (Å²) in [7, 11) is -3.08. The lowest BCUT2D eigenvalue weighted by atomic mass is 9.95. The van der Waals surface area contributed by atoms with E-state index in [0.717, 1.165) is 90.6 Å². The molecule has 2 amide bonds. The second-order valence-electron chi connectivity index (χ2n) is 26.7. The zero-order valence-corrected chi connectivity index (χ0v) is 61.8. The highest BCUT2D eigenvalue weighted by Gasteiger charge is 2.54. The summed E-state index contributed by atoms with van der Waals surface area (Å²) in [5.41, 5.74) is 0. The number of rotatable bonds is 58. The van der Waals surface area contributed by atoms with E-state index < -0.39 is 150 Å². The number of ether oxygens (including phenoxy) is 8. The number of Topliss-reactive ketones (excluding diaryl/α,β-unsaturated/α-hetero) is 1. The second-order valence-corrected chi connectivity index (χ2v) is 28.5. The Bertz CT molecular complexity index is 2310. The fraction of sp³-hybridized carbons (Fsp3) is 0.875. The van der Waals surface area contributed by atoms with Crippen LogP contribution in [0.1, 0.15) is 247 Å². The second kappa shape index (κ2) is 54.2. The third-order valence-corrected chi connectivity index (χ3v) is 19.5. The summed E-state index contributed by atoms with van der Waals surface area (Å²) in [6.45, 7) is 6.64. The van der Waals surface area contributed by atoms with Gasteiger partial charge in [0.1, 0.15) is 79.5 Å². The van der Waals surface area contributed by atoms with Crippen LogP contribution in [-0.4, -0.2) is 222 Å². The Balaban J connectivity index is 1.46. The molecule has 8 unspecified atom stereocenters. The van der Waals surface area contributed by atoms with Gasteiger partial charge in [0.05, 0.1) is 45.1 Å². The molecule has 10 N–H and O–H groups in total. The predicted molar refractivity (Wildman–Crippen MR) is 372 cm³/mol. The van der Waals surface area contributed by atoms with E-state index in [9.17, 15) is 69.4 Å². The molecule has 3 aliphatic heterocycles. The number of carbonyl (C=O) groups is 5. The van der Waals surface area contributed by atoms with Gasteiger partial charge >= 0.3 is 19.8 Å². The summed E-state index contributed by atoms with van der Waals surface area (Å²) < 4.78 is 76.6. The largest absolute Gasteiger partial charge is 0.474 e. The summed E-state index contributed by atoms with van der Waals surface area (Å²) in [6.07, 6.45) is 13.6. The molecule has 0 aliphatic carbocycles. The molecule has 3 saturated heterocycles. The summed E-state index contributed by atoms with van der Waals surface area (Å²) in [6, 6.07) is -1.34. The molecule has 0 aromatic heterocycles. The maximum atomic E-state index is 13.7.